The van der Waals surface area contributed by atoms with E-state index in [4.69, 9.17) is 14.2 Å². The number of carbonyl (C=O) groups is 1. The third kappa shape index (κ3) is 5.11. The Morgan fingerprint density at radius 3 is 2.15 bits per heavy atom. The van der Waals surface area contributed by atoms with Crippen molar-refractivity contribution in [3.05, 3.63) is 33.8 Å². The third-order valence-corrected chi connectivity index (χ3v) is 4.55. The first kappa shape index (κ1) is 20.0. The fourth-order valence-corrected chi connectivity index (χ4v) is 3.13. The standard InChI is InChI=1S/C19H26N2O4S/c1-5-17-21-14(12-26-17)11-20-19(22)13-9-15(23-6-2)18(25-8-4)16(10-13)24-7-3/h9-10,12H,5-8,11H2,1-4H3,(H,20,22). The van der Waals surface area contributed by atoms with Crippen LogP contribution >= 0.6 is 11.3 Å². The molecule has 0 saturated carbocycles. The van der Waals surface area contributed by atoms with Gasteiger partial charge < -0.3 is 19.5 Å². The van der Waals surface area contributed by atoms with Crippen LogP contribution in [0, 0.1) is 0 Å². The van der Waals surface area contributed by atoms with E-state index in [9.17, 15) is 4.79 Å². The number of aromatic nitrogens is 1. The molecule has 26 heavy (non-hydrogen) atoms. The summed E-state index contributed by atoms with van der Waals surface area (Å²) in [5, 5.41) is 5.93. The van der Waals surface area contributed by atoms with Crippen LogP contribution < -0.4 is 19.5 Å². The normalized spacial score (nSPS) is 10.5. The molecule has 0 radical (unpaired) electrons. The molecule has 1 aromatic carbocycles. The molecule has 1 amide bonds. The van der Waals surface area contributed by atoms with Gasteiger partial charge in [0.15, 0.2) is 11.5 Å². The first-order valence-electron chi connectivity index (χ1n) is 8.90. The van der Waals surface area contributed by atoms with Crippen molar-refractivity contribution < 1.29 is 19.0 Å². The second-order valence-corrected chi connectivity index (χ2v) is 6.31. The number of aryl methyl sites for hydroxylation is 1. The molecule has 142 valence electrons. The van der Waals surface area contributed by atoms with Gasteiger partial charge in [0.05, 0.1) is 37.1 Å². The van der Waals surface area contributed by atoms with Crippen molar-refractivity contribution in [1.82, 2.24) is 10.3 Å². The van der Waals surface area contributed by atoms with Crippen LogP contribution in [-0.2, 0) is 13.0 Å². The lowest BCUT2D eigenvalue weighted by molar-refractivity contribution is 0.0949. The van der Waals surface area contributed by atoms with Gasteiger partial charge in [-0.05, 0) is 39.3 Å². The zero-order valence-corrected chi connectivity index (χ0v) is 16.6. The SMILES string of the molecule is CCOc1cc(C(=O)NCc2csc(CC)n2)cc(OCC)c1OCC. The van der Waals surface area contributed by atoms with Crippen LogP contribution in [0.1, 0.15) is 48.8 Å². The topological polar surface area (TPSA) is 69.7 Å². The van der Waals surface area contributed by atoms with Gasteiger partial charge in [-0.2, -0.15) is 0 Å². The lowest BCUT2D eigenvalue weighted by Crippen LogP contribution is -2.23. The van der Waals surface area contributed by atoms with Crippen LogP contribution in [0.15, 0.2) is 17.5 Å². The Labute approximate surface area is 158 Å². The number of benzene rings is 1. The van der Waals surface area contributed by atoms with Gasteiger partial charge >= 0.3 is 0 Å². The van der Waals surface area contributed by atoms with Gasteiger partial charge in [-0.3, -0.25) is 4.79 Å². The van der Waals surface area contributed by atoms with Crippen LogP contribution in [0.4, 0.5) is 0 Å². The predicted molar refractivity (Wildman–Crippen MR) is 103 cm³/mol. The number of ether oxygens (including phenoxy) is 3. The van der Waals surface area contributed by atoms with E-state index in [1.807, 2.05) is 26.2 Å². The summed E-state index contributed by atoms with van der Waals surface area (Å²) in [4.78, 5) is 17.1. The van der Waals surface area contributed by atoms with E-state index in [1.54, 1.807) is 23.5 Å². The third-order valence-electron chi connectivity index (χ3n) is 3.50. The number of thiazole rings is 1. The maximum Gasteiger partial charge on any atom is 0.251 e. The molecular formula is C19H26N2O4S. The van der Waals surface area contributed by atoms with E-state index in [0.717, 1.165) is 17.1 Å². The lowest BCUT2D eigenvalue weighted by Gasteiger charge is -2.17. The van der Waals surface area contributed by atoms with Gasteiger partial charge in [0.2, 0.25) is 5.75 Å². The van der Waals surface area contributed by atoms with E-state index in [2.05, 4.69) is 17.2 Å². The number of amides is 1. The number of rotatable bonds is 10. The van der Waals surface area contributed by atoms with Gasteiger partial charge in [0.1, 0.15) is 0 Å². The van der Waals surface area contributed by atoms with Crippen molar-refractivity contribution in [1.29, 1.82) is 0 Å². The largest absolute Gasteiger partial charge is 0.490 e. The highest BCUT2D eigenvalue weighted by molar-refractivity contribution is 7.09. The lowest BCUT2D eigenvalue weighted by atomic mass is 10.1. The van der Waals surface area contributed by atoms with E-state index >= 15 is 0 Å². The molecule has 6 nitrogen and oxygen atoms in total. The van der Waals surface area contributed by atoms with Crippen LogP contribution in [0.5, 0.6) is 17.2 Å². The molecule has 7 heteroatoms. The van der Waals surface area contributed by atoms with E-state index in [-0.39, 0.29) is 5.91 Å². The Morgan fingerprint density at radius 1 is 1.04 bits per heavy atom. The fourth-order valence-electron chi connectivity index (χ4n) is 2.39. The van der Waals surface area contributed by atoms with Gasteiger partial charge in [-0.15, -0.1) is 11.3 Å². The Bertz CT molecular complexity index is 703. The zero-order chi connectivity index (χ0) is 18.9. The maximum absolute atomic E-state index is 12.6. The molecule has 0 fully saturated rings. The second kappa shape index (κ2) is 10.0. The summed E-state index contributed by atoms with van der Waals surface area (Å²) in [6.07, 6.45) is 0.896. The molecule has 1 heterocycles. The number of carbonyl (C=O) groups excluding carboxylic acids is 1. The monoisotopic (exact) mass is 378 g/mol. The molecule has 0 saturated heterocycles. The van der Waals surface area contributed by atoms with Crippen LogP contribution in [-0.4, -0.2) is 30.7 Å². The molecule has 0 unspecified atom stereocenters. The Balaban J connectivity index is 2.21. The van der Waals surface area contributed by atoms with Crippen molar-refractivity contribution in [2.24, 2.45) is 0 Å². The number of hydrogen-bond donors (Lipinski definition) is 1. The Morgan fingerprint density at radius 2 is 1.65 bits per heavy atom. The van der Waals surface area contributed by atoms with Crippen LogP contribution in [0.3, 0.4) is 0 Å². The molecule has 1 aromatic heterocycles. The summed E-state index contributed by atoms with van der Waals surface area (Å²) in [6.45, 7) is 9.53. The van der Waals surface area contributed by atoms with Gasteiger partial charge in [-0.25, -0.2) is 4.98 Å². The van der Waals surface area contributed by atoms with Gasteiger partial charge in [-0.1, -0.05) is 6.92 Å². The number of nitrogens with zero attached hydrogens (tertiary/aromatic N) is 1. The molecular weight excluding hydrogens is 352 g/mol. The predicted octanol–water partition coefficient (Wildman–Crippen LogP) is 3.83. The molecule has 0 spiro atoms. The van der Waals surface area contributed by atoms with Crippen molar-refractivity contribution in [2.45, 2.75) is 40.7 Å². The zero-order valence-electron chi connectivity index (χ0n) is 15.8. The minimum Gasteiger partial charge on any atom is -0.490 e. The van der Waals surface area contributed by atoms with E-state index in [0.29, 0.717) is 49.2 Å². The maximum atomic E-state index is 12.6. The Hall–Kier alpha value is -2.28. The van der Waals surface area contributed by atoms with Crippen molar-refractivity contribution in [2.75, 3.05) is 19.8 Å². The van der Waals surface area contributed by atoms with Gasteiger partial charge in [0, 0.05) is 10.9 Å². The molecule has 0 aliphatic carbocycles. The van der Waals surface area contributed by atoms with Crippen molar-refractivity contribution in [3.8, 4) is 17.2 Å². The average Bonchev–Trinajstić information content (AvgIpc) is 3.10. The van der Waals surface area contributed by atoms with Crippen molar-refractivity contribution >= 4 is 17.2 Å². The molecule has 0 atom stereocenters. The highest BCUT2D eigenvalue weighted by Crippen LogP contribution is 2.39. The molecule has 0 bridgehead atoms. The Kier molecular flexibility index (Phi) is 7.72. The summed E-state index contributed by atoms with van der Waals surface area (Å²) >= 11 is 1.60. The minimum absolute atomic E-state index is 0.207. The summed E-state index contributed by atoms with van der Waals surface area (Å²) < 4.78 is 17.0. The molecule has 2 rings (SSSR count). The van der Waals surface area contributed by atoms with E-state index in [1.165, 1.54) is 0 Å². The summed E-state index contributed by atoms with van der Waals surface area (Å²) in [5.74, 6) is 1.33. The first-order valence-corrected chi connectivity index (χ1v) is 9.78. The number of nitrogens with one attached hydrogen (secondary N) is 1. The quantitative estimate of drug-likeness (QED) is 0.680. The minimum atomic E-state index is -0.207. The highest BCUT2D eigenvalue weighted by Gasteiger charge is 2.18. The van der Waals surface area contributed by atoms with Gasteiger partial charge in [0.25, 0.3) is 5.91 Å². The summed E-state index contributed by atoms with van der Waals surface area (Å²) in [6, 6.07) is 3.37. The molecule has 0 aliphatic rings. The summed E-state index contributed by atoms with van der Waals surface area (Å²) in [5.41, 5.74) is 1.33. The average molecular weight is 378 g/mol. The van der Waals surface area contributed by atoms with Crippen LogP contribution in [0.25, 0.3) is 0 Å². The van der Waals surface area contributed by atoms with Crippen LogP contribution in [0.2, 0.25) is 0 Å². The molecule has 2 aromatic rings. The smallest absolute Gasteiger partial charge is 0.251 e. The van der Waals surface area contributed by atoms with Crippen molar-refractivity contribution in [3.63, 3.8) is 0 Å². The second-order valence-electron chi connectivity index (χ2n) is 5.37. The summed E-state index contributed by atoms with van der Waals surface area (Å²) in [7, 11) is 0. The highest BCUT2D eigenvalue weighted by atomic mass is 32.1. The molecule has 0 aliphatic heterocycles. The number of hydrogen-bond acceptors (Lipinski definition) is 6. The first-order chi connectivity index (χ1) is 12.6. The fraction of sp³-hybridized carbons (Fsp3) is 0.474. The van der Waals surface area contributed by atoms with E-state index < -0.39 is 0 Å². The molecule has 1 N–H and O–H groups in total.